The van der Waals surface area contributed by atoms with Crippen LogP contribution in [0.15, 0.2) is 24.7 Å². The van der Waals surface area contributed by atoms with E-state index < -0.39 is 18.1 Å². The third-order valence-electron chi connectivity index (χ3n) is 3.62. The molecule has 0 spiro atoms. The van der Waals surface area contributed by atoms with E-state index in [-0.39, 0.29) is 11.3 Å². The Hall–Kier alpha value is -2.93. The Balaban J connectivity index is 2.06. The molecule has 1 amide bonds. The first-order valence-electron chi connectivity index (χ1n) is 7.47. The van der Waals surface area contributed by atoms with Crippen LogP contribution in [0.1, 0.15) is 23.1 Å². The van der Waals surface area contributed by atoms with Gasteiger partial charge in [0.15, 0.2) is 17.4 Å². The number of nitrogens with zero attached hydrogens (tertiary/aromatic N) is 4. The van der Waals surface area contributed by atoms with Gasteiger partial charge in [0.1, 0.15) is 6.33 Å². The summed E-state index contributed by atoms with van der Waals surface area (Å²) in [7, 11) is 0. The molecular formula is C16H12F3N5OS. The maximum Gasteiger partial charge on any atom is 0.420 e. The first-order chi connectivity index (χ1) is 12.3. The fourth-order valence-electron chi connectivity index (χ4n) is 2.36. The van der Waals surface area contributed by atoms with Gasteiger partial charge < -0.3 is 5.32 Å². The lowest BCUT2D eigenvalue weighted by Crippen LogP contribution is -2.44. The Labute approximate surface area is 150 Å². The first kappa shape index (κ1) is 17.9. The van der Waals surface area contributed by atoms with Crippen molar-refractivity contribution < 1.29 is 18.0 Å². The van der Waals surface area contributed by atoms with Gasteiger partial charge in [0.2, 0.25) is 0 Å². The van der Waals surface area contributed by atoms with Crippen molar-refractivity contribution >= 4 is 23.1 Å². The Bertz CT molecular complexity index is 988. The molecule has 0 radical (unpaired) electrons. The van der Waals surface area contributed by atoms with Crippen molar-refractivity contribution in [2.24, 2.45) is 0 Å². The summed E-state index contributed by atoms with van der Waals surface area (Å²) in [5.74, 6) is 0.483. The van der Waals surface area contributed by atoms with Crippen LogP contribution in [0.4, 0.5) is 13.2 Å². The lowest BCUT2D eigenvalue weighted by molar-refractivity contribution is -0.140. The Kier molecular flexibility index (Phi) is 4.65. The molecule has 26 heavy (non-hydrogen) atoms. The van der Waals surface area contributed by atoms with Crippen LogP contribution in [0.25, 0.3) is 16.2 Å². The molecule has 0 saturated heterocycles. The number of imidazole rings is 1. The second kappa shape index (κ2) is 6.76. The molecule has 10 heteroatoms. The predicted molar refractivity (Wildman–Crippen MR) is 89.6 cm³/mol. The van der Waals surface area contributed by atoms with Gasteiger partial charge in [-0.05, 0) is 30.1 Å². The summed E-state index contributed by atoms with van der Waals surface area (Å²) >= 11 is 1.22. The van der Waals surface area contributed by atoms with E-state index in [1.54, 1.807) is 22.0 Å². The van der Waals surface area contributed by atoms with Crippen molar-refractivity contribution in [2.45, 2.75) is 25.6 Å². The molecule has 1 atom stereocenters. The zero-order chi connectivity index (χ0) is 18.9. The highest BCUT2D eigenvalue weighted by molar-refractivity contribution is 7.09. The van der Waals surface area contributed by atoms with Gasteiger partial charge in [-0.2, -0.15) is 13.2 Å². The molecule has 1 unspecified atom stereocenters. The van der Waals surface area contributed by atoms with Crippen LogP contribution in [-0.2, 0) is 6.42 Å². The number of alkyl halides is 3. The number of carbonyl (C=O) groups excluding carboxylic acids is 1. The third kappa shape index (κ3) is 3.25. The molecular weight excluding hydrogens is 367 g/mol. The topological polar surface area (TPSA) is 72.2 Å². The van der Waals surface area contributed by atoms with Crippen molar-refractivity contribution in [1.29, 1.82) is 0 Å². The smallest absolute Gasteiger partial charge is 0.329 e. The first-order valence-corrected chi connectivity index (χ1v) is 8.24. The summed E-state index contributed by atoms with van der Waals surface area (Å²) in [5, 5.41) is 1.77. The Morgan fingerprint density at radius 3 is 2.85 bits per heavy atom. The summed E-state index contributed by atoms with van der Waals surface area (Å²) in [6.45, 7) is 1.91. The normalized spacial score (nSPS) is 12.7. The lowest BCUT2D eigenvalue weighted by Gasteiger charge is -2.15. The van der Waals surface area contributed by atoms with Gasteiger partial charge >= 0.3 is 6.18 Å². The van der Waals surface area contributed by atoms with Crippen LogP contribution in [0.2, 0.25) is 0 Å². The lowest BCUT2D eigenvalue weighted by atomic mass is 10.2. The number of halogens is 3. The van der Waals surface area contributed by atoms with Crippen molar-refractivity contribution in [3.05, 3.63) is 36.0 Å². The minimum Gasteiger partial charge on any atom is -0.329 e. The maximum atomic E-state index is 12.8. The molecule has 6 nitrogen and oxygen atoms in total. The number of aromatic nitrogens is 4. The van der Waals surface area contributed by atoms with Crippen LogP contribution in [0, 0.1) is 12.3 Å². The largest absolute Gasteiger partial charge is 0.420 e. The molecule has 3 heterocycles. The fourth-order valence-corrected chi connectivity index (χ4v) is 2.91. The van der Waals surface area contributed by atoms with Crippen LogP contribution < -0.4 is 5.32 Å². The highest BCUT2D eigenvalue weighted by Gasteiger charge is 2.40. The number of terminal acetylenes is 1. The van der Waals surface area contributed by atoms with Gasteiger partial charge in [-0.1, -0.05) is 12.8 Å². The Morgan fingerprint density at radius 2 is 2.27 bits per heavy atom. The summed E-state index contributed by atoms with van der Waals surface area (Å²) < 4.78 is 44.0. The molecule has 0 aliphatic carbocycles. The van der Waals surface area contributed by atoms with E-state index in [2.05, 4.69) is 14.3 Å². The number of rotatable bonds is 4. The number of hydrogen-bond acceptors (Lipinski definition) is 5. The van der Waals surface area contributed by atoms with E-state index in [4.69, 9.17) is 6.42 Å². The number of carbonyl (C=O) groups is 1. The number of nitrogens with one attached hydrogen (secondary N) is 1. The number of aryl methyl sites for hydroxylation is 1. The molecule has 0 aliphatic heterocycles. The molecule has 0 bridgehead atoms. The number of amides is 1. The van der Waals surface area contributed by atoms with Gasteiger partial charge in [0.05, 0.1) is 10.6 Å². The molecule has 0 saturated carbocycles. The zero-order valence-electron chi connectivity index (χ0n) is 13.4. The van der Waals surface area contributed by atoms with Crippen molar-refractivity contribution in [3.8, 4) is 22.9 Å². The standard InChI is InChI=1S/C16H12F3N5OS/c1-3-9-7-10(11-5-6-21-26-11)22-14-13(20-8-24(9)14)15(25)23-12(4-2)16(17,18)19/h2,5-8,12H,3H2,1H3,(H,23,25). The van der Waals surface area contributed by atoms with E-state index in [1.165, 1.54) is 23.8 Å². The molecule has 3 rings (SSSR count). The van der Waals surface area contributed by atoms with Crippen molar-refractivity contribution in [3.63, 3.8) is 0 Å². The molecule has 0 aliphatic rings. The molecule has 3 aromatic heterocycles. The average molecular weight is 379 g/mol. The molecule has 3 aromatic rings. The van der Waals surface area contributed by atoms with Gasteiger partial charge in [-0.3, -0.25) is 9.20 Å². The van der Waals surface area contributed by atoms with Crippen LogP contribution >= 0.6 is 11.5 Å². The Morgan fingerprint density at radius 1 is 1.50 bits per heavy atom. The van der Waals surface area contributed by atoms with Crippen LogP contribution in [0.5, 0.6) is 0 Å². The van der Waals surface area contributed by atoms with Gasteiger partial charge in [-0.25, -0.2) is 14.3 Å². The number of hydrogen-bond donors (Lipinski definition) is 1. The van der Waals surface area contributed by atoms with Crippen LogP contribution in [0.3, 0.4) is 0 Å². The fraction of sp³-hybridized carbons (Fsp3) is 0.250. The average Bonchev–Trinajstić information content (AvgIpc) is 3.26. The quantitative estimate of drug-likeness (QED) is 0.708. The van der Waals surface area contributed by atoms with Gasteiger partial charge in [0, 0.05) is 11.9 Å². The molecule has 1 N–H and O–H groups in total. The van der Waals surface area contributed by atoms with E-state index in [0.717, 1.165) is 10.6 Å². The minimum atomic E-state index is -4.75. The maximum absolute atomic E-state index is 12.8. The zero-order valence-corrected chi connectivity index (χ0v) is 14.2. The summed E-state index contributed by atoms with van der Waals surface area (Å²) in [6.07, 6.45) is 3.70. The second-order valence-corrected chi connectivity index (χ2v) is 6.10. The van der Waals surface area contributed by atoms with E-state index in [1.807, 2.05) is 13.0 Å². The van der Waals surface area contributed by atoms with Gasteiger partial charge in [-0.15, -0.1) is 6.42 Å². The molecule has 0 fully saturated rings. The van der Waals surface area contributed by atoms with E-state index in [0.29, 0.717) is 12.1 Å². The second-order valence-electron chi connectivity index (χ2n) is 5.26. The van der Waals surface area contributed by atoms with E-state index >= 15 is 0 Å². The van der Waals surface area contributed by atoms with E-state index in [9.17, 15) is 18.0 Å². The summed E-state index contributed by atoms with van der Waals surface area (Å²) in [6, 6.07) is 1.18. The summed E-state index contributed by atoms with van der Waals surface area (Å²) in [5.41, 5.74) is 1.30. The highest BCUT2D eigenvalue weighted by atomic mass is 32.1. The molecule has 0 aromatic carbocycles. The highest BCUT2D eigenvalue weighted by Crippen LogP contribution is 2.25. The van der Waals surface area contributed by atoms with Crippen LogP contribution in [-0.4, -0.2) is 36.9 Å². The number of fused-ring (bicyclic) bond motifs is 1. The molecule has 134 valence electrons. The SMILES string of the molecule is C#CC(NC(=O)c1ncn2c(CC)cc(-c3ccns3)nc12)C(F)(F)F. The van der Waals surface area contributed by atoms with Crippen molar-refractivity contribution in [1.82, 2.24) is 24.1 Å². The minimum absolute atomic E-state index is 0.156. The van der Waals surface area contributed by atoms with Gasteiger partial charge in [0.25, 0.3) is 5.91 Å². The summed E-state index contributed by atoms with van der Waals surface area (Å²) in [4.78, 5) is 21.4. The monoisotopic (exact) mass is 379 g/mol. The third-order valence-corrected chi connectivity index (χ3v) is 4.39. The van der Waals surface area contributed by atoms with Crippen molar-refractivity contribution in [2.75, 3.05) is 0 Å². The predicted octanol–water partition coefficient (Wildman–Crippen LogP) is 2.71.